The van der Waals surface area contributed by atoms with Crippen molar-refractivity contribution < 1.29 is 9.53 Å². The second-order valence-electron chi connectivity index (χ2n) is 4.28. The summed E-state index contributed by atoms with van der Waals surface area (Å²) < 4.78 is 5.36. The molecule has 4 nitrogen and oxygen atoms in total. The molecule has 0 spiro atoms. The number of nitrogens with one attached hydrogen (secondary N) is 2. The summed E-state index contributed by atoms with van der Waals surface area (Å²) in [5.74, 6) is 0.0893. The van der Waals surface area contributed by atoms with Crippen molar-refractivity contribution in [3.63, 3.8) is 0 Å². The Morgan fingerprint density at radius 2 is 2.20 bits per heavy atom. The van der Waals surface area contributed by atoms with Crippen LogP contribution in [0.25, 0.3) is 0 Å². The van der Waals surface area contributed by atoms with Crippen molar-refractivity contribution in [2.75, 3.05) is 19.7 Å². The topological polar surface area (TPSA) is 50.4 Å². The molecule has 15 heavy (non-hydrogen) atoms. The zero-order chi connectivity index (χ0) is 11.1. The largest absolute Gasteiger partial charge is 0.379 e. The normalized spacial score (nSPS) is 15.7. The second kappa shape index (κ2) is 6.80. The lowest BCUT2D eigenvalue weighted by Crippen LogP contribution is -2.35. The average molecular weight is 214 g/mol. The highest BCUT2D eigenvalue weighted by molar-refractivity contribution is 5.77. The molecule has 1 saturated carbocycles. The first kappa shape index (κ1) is 12.5. The Hall–Kier alpha value is -0.610. The third kappa shape index (κ3) is 7.33. The molecule has 88 valence electrons. The van der Waals surface area contributed by atoms with E-state index in [1.165, 1.54) is 12.8 Å². The van der Waals surface area contributed by atoms with E-state index in [1.54, 1.807) is 0 Å². The number of hydrogen-bond donors (Lipinski definition) is 2. The van der Waals surface area contributed by atoms with E-state index in [2.05, 4.69) is 10.6 Å². The van der Waals surface area contributed by atoms with Crippen LogP contribution >= 0.6 is 0 Å². The Kier molecular flexibility index (Phi) is 5.65. The minimum atomic E-state index is 0.0893. The standard InChI is InChI=1S/C11H22N2O2/c1-9(2)15-7-3-6-12-11(14)8-13-10-4-5-10/h9-10,13H,3-8H2,1-2H3,(H,12,14). The van der Waals surface area contributed by atoms with Crippen molar-refractivity contribution in [2.24, 2.45) is 0 Å². The third-order valence-corrected chi connectivity index (χ3v) is 2.22. The monoisotopic (exact) mass is 214 g/mol. The van der Waals surface area contributed by atoms with Crippen molar-refractivity contribution in [3.05, 3.63) is 0 Å². The van der Waals surface area contributed by atoms with Crippen molar-refractivity contribution in [1.29, 1.82) is 0 Å². The van der Waals surface area contributed by atoms with Gasteiger partial charge in [-0.1, -0.05) is 0 Å². The maximum absolute atomic E-state index is 11.3. The molecule has 1 amide bonds. The van der Waals surface area contributed by atoms with Gasteiger partial charge in [0.25, 0.3) is 0 Å². The van der Waals surface area contributed by atoms with Gasteiger partial charge in [0.05, 0.1) is 12.6 Å². The summed E-state index contributed by atoms with van der Waals surface area (Å²) in [5, 5.41) is 6.03. The molecule has 2 N–H and O–H groups in total. The number of amides is 1. The fourth-order valence-corrected chi connectivity index (χ4v) is 1.21. The average Bonchev–Trinajstić information content (AvgIpc) is 2.97. The van der Waals surface area contributed by atoms with Crippen molar-refractivity contribution in [1.82, 2.24) is 10.6 Å². The van der Waals surface area contributed by atoms with Gasteiger partial charge in [-0.3, -0.25) is 4.79 Å². The summed E-state index contributed by atoms with van der Waals surface area (Å²) in [5.41, 5.74) is 0. The SMILES string of the molecule is CC(C)OCCCNC(=O)CNC1CC1. The number of carbonyl (C=O) groups excluding carboxylic acids is 1. The fourth-order valence-electron chi connectivity index (χ4n) is 1.21. The zero-order valence-electron chi connectivity index (χ0n) is 9.71. The highest BCUT2D eigenvalue weighted by atomic mass is 16.5. The molecule has 0 radical (unpaired) electrons. The van der Waals surface area contributed by atoms with Gasteiger partial charge in [-0.15, -0.1) is 0 Å². The van der Waals surface area contributed by atoms with Gasteiger partial charge in [-0.25, -0.2) is 0 Å². The number of carbonyl (C=O) groups is 1. The van der Waals surface area contributed by atoms with E-state index in [0.29, 0.717) is 25.7 Å². The first-order valence-electron chi connectivity index (χ1n) is 5.80. The molecule has 0 saturated heterocycles. The number of hydrogen-bond acceptors (Lipinski definition) is 3. The summed E-state index contributed by atoms with van der Waals surface area (Å²) >= 11 is 0. The van der Waals surface area contributed by atoms with Gasteiger partial charge in [-0.05, 0) is 33.1 Å². The van der Waals surface area contributed by atoms with E-state index in [0.717, 1.165) is 6.42 Å². The molecule has 1 aliphatic rings. The van der Waals surface area contributed by atoms with Crippen LogP contribution < -0.4 is 10.6 Å². The number of ether oxygens (including phenoxy) is 1. The molecule has 0 aromatic heterocycles. The lowest BCUT2D eigenvalue weighted by Gasteiger charge is -2.08. The summed E-state index contributed by atoms with van der Waals surface area (Å²) in [6, 6.07) is 0.597. The van der Waals surface area contributed by atoms with Crippen LogP contribution in [0.1, 0.15) is 33.1 Å². The quantitative estimate of drug-likeness (QED) is 0.584. The van der Waals surface area contributed by atoms with Crippen LogP contribution in [0.2, 0.25) is 0 Å². The Bertz CT molecular complexity index is 191. The first-order chi connectivity index (χ1) is 7.18. The van der Waals surface area contributed by atoms with Crippen LogP contribution in [0, 0.1) is 0 Å². The number of rotatable bonds is 8. The van der Waals surface area contributed by atoms with E-state index < -0.39 is 0 Å². The smallest absolute Gasteiger partial charge is 0.233 e. The van der Waals surface area contributed by atoms with Gasteiger partial charge < -0.3 is 15.4 Å². The molecular weight excluding hydrogens is 192 g/mol. The van der Waals surface area contributed by atoms with Gasteiger partial charge in [-0.2, -0.15) is 0 Å². The zero-order valence-corrected chi connectivity index (χ0v) is 9.71. The van der Waals surface area contributed by atoms with Crippen LogP contribution in [0.15, 0.2) is 0 Å². The molecule has 1 rings (SSSR count). The molecule has 4 heteroatoms. The highest BCUT2D eigenvalue weighted by Crippen LogP contribution is 2.17. The van der Waals surface area contributed by atoms with Crippen molar-refractivity contribution in [2.45, 2.75) is 45.3 Å². The minimum absolute atomic E-state index is 0.0893. The van der Waals surface area contributed by atoms with Crippen LogP contribution in [0.5, 0.6) is 0 Å². The van der Waals surface area contributed by atoms with Crippen LogP contribution in [-0.4, -0.2) is 37.7 Å². The predicted octanol–water partition coefficient (Wildman–Crippen LogP) is 0.670. The van der Waals surface area contributed by atoms with Gasteiger partial charge in [0.2, 0.25) is 5.91 Å². The molecule has 1 fully saturated rings. The van der Waals surface area contributed by atoms with Crippen LogP contribution in [0.3, 0.4) is 0 Å². The van der Waals surface area contributed by atoms with E-state index in [1.807, 2.05) is 13.8 Å². The van der Waals surface area contributed by atoms with Crippen LogP contribution in [-0.2, 0) is 9.53 Å². The highest BCUT2D eigenvalue weighted by Gasteiger charge is 2.20. The second-order valence-corrected chi connectivity index (χ2v) is 4.28. The van der Waals surface area contributed by atoms with Gasteiger partial charge in [0, 0.05) is 19.2 Å². The maximum Gasteiger partial charge on any atom is 0.233 e. The lowest BCUT2D eigenvalue weighted by molar-refractivity contribution is -0.120. The minimum Gasteiger partial charge on any atom is -0.379 e. The Labute approximate surface area is 91.8 Å². The molecule has 0 unspecified atom stereocenters. The van der Waals surface area contributed by atoms with Gasteiger partial charge in [0.1, 0.15) is 0 Å². The summed E-state index contributed by atoms with van der Waals surface area (Å²) in [6.45, 7) is 5.90. The van der Waals surface area contributed by atoms with Crippen molar-refractivity contribution >= 4 is 5.91 Å². The van der Waals surface area contributed by atoms with Crippen LogP contribution in [0.4, 0.5) is 0 Å². The molecule has 0 heterocycles. The maximum atomic E-state index is 11.3. The Morgan fingerprint density at radius 3 is 2.80 bits per heavy atom. The summed E-state index contributed by atoms with van der Waals surface area (Å²) in [4.78, 5) is 11.3. The molecule has 0 aromatic carbocycles. The first-order valence-corrected chi connectivity index (χ1v) is 5.80. The Morgan fingerprint density at radius 1 is 1.47 bits per heavy atom. The van der Waals surface area contributed by atoms with E-state index >= 15 is 0 Å². The third-order valence-electron chi connectivity index (χ3n) is 2.22. The molecular formula is C11H22N2O2. The Balaban J connectivity index is 1.83. The summed E-state index contributed by atoms with van der Waals surface area (Å²) in [7, 11) is 0. The molecule has 1 aliphatic carbocycles. The van der Waals surface area contributed by atoms with E-state index in [-0.39, 0.29) is 12.0 Å². The molecule has 0 bridgehead atoms. The lowest BCUT2D eigenvalue weighted by atomic mass is 10.4. The molecule has 0 atom stereocenters. The van der Waals surface area contributed by atoms with E-state index in [9.17, 15) is 4.79 Å². The summed E-state index contributed by atoms with van der Waals surface area (Å²) in [6.07, 6.45) is 3.59. The van der Waals surface area contributed by atoms with Gasteiger partial charge in [0.15, 0.2) is 0 Å². The molecule has 0 aromatic rings. The predicted molar refractivity (Wildman–Crippen MR) is 59.7 cm³/mol. The molecule has 0 aliphatic heterocycles. The van der Waals surface area contributed by atoms with Gasteiger partial charge >= 0.3 is 0 Å². The fraction of sp³-hybridized carbons (Fsp3) is 0.909. The van der Waals surface area contributed by atoms with Crippen molar-refractivity contribution in [3.8, 4) is 0 Å². The van der Waals surface area contributed by atoms with E-state index in [4.69, 9.17) is 4.74 Å².